The highest BCUT2D eigenvalue weighted by Gasteiger charge is 2.10. The van der Waals surface area contributed by atoms with Gasteiger partial charge in [0.25, 0.3) is 0 Å². The van der Waals surface area contributed by atoms with Crippen molar-refractivity contribution in [2.75, 3.05) is 0 Å². The Morgan fingerprint density at radius 3 is 1.57 bits per heavy atom. The highest BCUT2D eigenvalue weighted by atomic mass is 79.9. The van der Waals surface area contributed by atoms with Crippen LogP contribution in [0.1, 0.15) is 16.7 Å². The van der Waals surface area contributed by atoms with Crippen molar-refractivity contribution in [3.8, 4) is 0 Å². The summed E-state index contributed by atoms with van der Waals surface area (Å²) in [4.78, 5) is 2.48. The standard InChI is InChI=1S/C21H20BrN/c22-21-14-8-7-13-20(21)17-23(15-18-9-3-1-4-10-18)16-19-11-5-2-6-12-19/h1-14H,15-17H2. The first kappa shape index (κ1) is 16.0. The summed E-state index contributed by atoms with van der Waals surface area (Å²) in [5, 5.41) is 0. The Morgan fingerprint density at radius 2 is 1.04 bits per heavy atom. The summed E-state index contributed by atoms with van der Waals surface area (Å²) in [7, 11) is 0. The van der Waals surface area contributed by atoms with Gasteiger partial charge in [-0.15, -0.1) is 0 Å². The molecule has 0 bridgehead atoms. The zero-order chi connectivity index (χ0) is 15.9. The Bertz CT molecular complexity index is 684. The molecule has 3 aromatic rings. The Morgan fingerprint density at radius 1 is 0.565 bits per heavy atom. The zero-order valence-corrected chi connectivity index (χ0v) is 14.6. The lowest BCUT2D eigenvalue weighted by atomic mass is 10.1. The molecule has 0 aliphatic rings. The topological polar surface area (TPSA) is 3.24 Å². The Balaban J connectivity index is 1.79. The van der Waals surface area contributed by atoms with Gasteiger partial charge >= 0.3 is 0 Å². The summed E-state index contributed by atoms with van der Waals surface area (Å²) in [5.74, 6) is 0. The monoisotopic (exact) mass is 365 g/mol. The molecule has 0 aromatic heterocycles. The summed E-state index contributed by atoms with van der Waals surface area (Å²) in [6.07, 6.45) is 0. The molecule has 0 N–H and O–H groups in total. The van der Waals surface area contributed by atoms with E-state index in [9.17, 15) is 0 Å². The van der Waals surface area contributed by atoms with E-state index in [-0.39, 0.29) is 0 Å². The van der Waals surface area contributed by atoms with Crippen molar-refractivity contribution >= 4 is 15.9 Å². The van der Waals surface area contributed by atoms with Gasteiger partial charge in [-0.3, -0.25) is 4.90 Å². The van der Waals surface area contributed by atoms with Crippen molar-refractivity contribution in [3.63, 3.8) is 0 Å². The van der Waals surface area contributed by atoms with Gasteiger partial charge in [-0.2, -0.15) is 0 Å². The summed E-state index contributed by atoms with van der Waals surface area (Å²) in [6, 6.07) is 29.8. The fourth-order valence-corrected chi connectivity index (χ4v) is 3.13. The van der Waals surface area contributed by atoms with E-state index in [1.54, 1.807) is 0 Å². The Kier molecular flexibility index (Phi) is 5.62. The second-order valence-corrected chi connectivity index (χ2v) is 6.56. The fourth-order valence-electron chi connectivity index (χ4n) is 2.72. The lowest BCUT2D eigenvalue weighted by Crippen LogP contribution is -2.22. The second-order valence-electron chi connectivity index (χ2n) is 5.71. The van der Waals surface area contributed by atoms with Crippen molar-refractivity contribution in [1.29, 1.82) is 0 Å². The van der Waals surface area contributed by atoms with Crippen LogP contribution in [0.2, 0.25) is 0 Å². The first-order chi connectivity index (χ1) is 11.3. The number of rotatable bonds is 6. The SMILES string of the molecule is Brc1ccccc1CN(Cc1ccccc1)Cc1ccccc1. The number of halogens is 1. The molecule has 0 saturated heterocycles. The molecular weight excluding hydrogens is 346 g/mol. The summed E-state index contributed by atoms with van der Waals surface area (Å²) in [6.45, 7) is 2.80. The first-order valence-corrected chi connectivity index (χ1v) is 8.64. The molecule has 0 aliphatic heterocycles. The molecule has 2 heteroatoms. The van der Waals surface area contributed by atoms with Crippen LogP contribution in [0.5, 0.6) is 0 Å². The first-order valence-electron chi connectivity index (χ1n) is 7.85. The van der Waals surface area contributed by atoms with Crippen molar-refractivity contribution in [3.05, 3.63) is 106 Å². The van der Waals surface area contributed by atoms with E-state index >= 15 is 0 Å². The molecule has 0 saturated carbocycles. The number of benzene rings is 3. The Labute approximate surface area is 146 Å². The van der Waals surface area contributed by atoms with Gasteiger partial charge in [0.15, 0.2) is 0 Å². The molecule has 0 amide bonds. The summed E-state index contributed by atoms with van der Waals surface area (Å²) < 4.78 is 1.17. The van der Waals surface area contributed by atoms with Crippen LogP contribution in [0, 0.1) is 0 Å². The smallest absolute Gasteiger partial charge is 0.0252 e. The maximum atomic E-state index is 3.67. The maximum absolute atomic E-state index is 3.67. The molecular formula is C21H20BrN. The van der Waals surface area contributed by atoms with Crippen molar-refractivity contribution < 1.29 is 0 Å². The third-order valence-corrected chi connectivity index (χ3v) is 4.62. The van der Waals surface area contributed by atoms with Gasteiger partial charge in [-0.1, -0.05) is 94.8 Å². The van der Waals surface area contributed by atoms with Gasteiger partial charge < -0.3 is 0 Å². The molecule has 116 valence electrons. The van der Waals surface area contributed by atoms with Gasteiger partial charge in [0, 0.05) is 24.1 Å². The minimum absolute atomic E-state index is 0.922. The van der Waals surface area contributed by atoms with Crippen molar-refractivity contribution in [1.82, 2.24) is 4.90 Å². The number of hydrogen-bond donors (Lipinski definition) is 0. The van der Waals surface area contributed by atoms with Crippen LogP contribution >= 0.6 is 15.9 Å². The zero-order valence-electron chi connectivity index (χ0n) is 13.0. The Hall–Kier alpha value is -1.90. The van der Waals surface area contributed by atoms with E-state index < -0.39 is 0 Å². The number of hydrogen-bond acceptors (Lipinski definition) is 1. The number of nitrogens with zero attached hydrogens (tertiary/aromatic N) is 1. The molecule has 1 nitrogen and oxygen atoms in total. The highest BCUT2D eigenvalue weighted by molar-refractivity contribution is 9.10. The molecule has 0 spiro atoms. The predicted molar refractivity (Wildman–Crippen MR) is 100.0 cm³/mol. The average Bonchev–Trinajstić information content (AvgIpc) is 2.59. The van der Waals surface area contributed by atoms with E-state index in [1.807, 2.05) is 0 Å². The molecule has 0 radical (unpaired) electrons. The quantitative estimate of drug-likeness (QED) is 0.545. The van der Waals surface area contributed by atoms with Crippen molar-refractivity contribution in [2.45, 2.75) is 19.6 Å². The van der Waals surface area contributed by atoms with Crippen molar-refractivity contribution in [2.24, 2.45) is 0 Å². The third-order valence-electron chi connectivity index (χ3n) is 3.85. The van der Waals surface area contributed by atoms with E-state index in [2.05, 4.69) is 106 Å². The molecule has 23 heavy (non-hydrogen) atoms. The van der Waals surface area contributed by atoms with Crippen LogP contribution in [0.25, 0.3) is 0 Å². The van der Waals surface area contributed by atoms with Gasteiger partial charge in [0.1, 0.15) is 0 Å². The summed E-state index contributed by atoms with van der Waals surface area (Å²) >= 11 is 3.67. The highest BCUT2D eigenvalue weighted by Crippen LogP contribution is 2.20. The molecule has 0 heterocycles. The summed E-state index contributed by atoms with van der Waals surface area (Å²) in [5.41, 5.74) is 4.00. The minimum atomic E-state index is 0.922. The molecule has 0 fully saturated rings. The van der Waals surface area contributed by atoms with E-state index in [4.69, 9.17) is 0 Å². The predicted octanol–water partition coefficient (Wildman–Crippen LogP) is 5.65. The van der Waals surface area contributed by atoms with Crippen LogP contribution in [0.3, 0.4) is 0 Å². The third kappa shape index (κ3) is 4.78. The van der Waals surface area contributed by atoms with Crippen LogP contribution in [-0.2, 0) is 19.6 Å². The fraction of sp³-hybridized carbons (Fsp3) is 0.143. The van der Waals surface area contributed by atoms with Crippen LogP contribution in [-0.4, -0.2) is 4.90 Å². The molecule has 0 atom stereocenters. The van der Waals surface area contributed by atoms with Gasteiger partial charge in [-0.25, -0.2) is 0 Å². The molecule has 0 unspecified atom stereocenters. The van der Waals surface area contributed by atoms with Crippen LogP contribution < -0.4 is 0 Å². The van der Waals surface area contributed by atoms with Crippen LogP contribution in [0.4, 0.5) is 0 Å². The lowest BCUT2D eigenvalue weighted by Gasteiger charge is -2.23. The molecule has 3 rings (SSSR count). The largest absolute Gasteiger partial charge is 0.291 e. The lowest BCUT2D eigenvalue weighted by molar-refractivity contribution is 0.247. The van der Waals surface area contributed by atoms with Crippen LogP contribution in [0.15, 0.2) is 89.4 Å². The van der Waals surface area contributed by atoms with Gasteiger partial charge in [0.05, 0.1) is 0 Å². The molecule has 0 aliphatic carbocycles. The minimum Gasteiger partial charge on any atom is -0.291 e. The van der Waals surface area contributed by atoms with E-state index in [0.29, 0.717) is 0 Å². The second kappa shape index (κ2) is 8.09. The normalized spacial score (nSPS) is 10.9. The van der Waals surface area contributed by atoms with Gasteiger partial charge in [0.2, 0.25) is 0 Å². The average molecular weight is 366 g/mol. The maximum Gasteiger partial charge on any atom is 0.0252 e. The van der Waals surface area contributed by atoms with E-state index in [0.717, 1.165) is 19.6 Å². The van der Waals surface area contributed by atoms with Gasteiger partial charge in [-0.05, 0) is 22.8 Å². The van der Waals surface area contributed by atoms with E-state index in [1.165, 1.54) is 21.2 Å². The molecule has 3 aromatic carbocycles.